The third kappa shape index (κ3) is 1.73. The summed E-state index contributed by atoms with van der Waals surface area (Å²) in [5.74, 6) is 3.26. The monoisotopic (exact) mass is 288 g/mol. The summed E-state index contributed by atoms with van der Waals surface area (Å²) < 4.78 is 0. The first-order chi connectivity index (χ1) is 9.87. The normalized spacial score (nSPS) is 56.1. The Hall–Kier alpha value is -0.300. The average molecular weight is 288 g/mol. The predicted molar refractivity (Wildman–Crippen MR) is 86.9 cm³/mol. The van der Waals surface area contributed by atoms with Crippen LogP contribution in [0.25, 0.3) is 0 Å². The van der Waals surface area contributed by atoms with Crippen LogP contribution in [0.2, 0.25) is 0 Å². The Labute approximate surface area is 130 Å². The van der Waals surface area contributed by atoms with Crippen molar-refractivity contribution in [2.75, 3.05) is 0 Å². The highest BCUT2D eigenvalue weighted by atomic mass is 16.3. The van der Waals surface area contributed by atoms with E-state index in [1.807, 2.05) is 5.57 Å². The Morgan fingerprint density at radius 3 is 2.29 bits per heavy atom. The molecule has 0 saturated heterocycles. The van der Waals surface area contributed by atoms with Gasteiger partial charge in [0.05, 0.1) is 6.10 Å². The molecule has 1 unspecified atom stereocenters. The van der Waals surface area contributed by atoms with E-state index in [2.05, 4.69) is 27.7 Å². The molecule has 0 aromatic rings. The van der Waals surface area contributed by atoms with Gasteiger partial charge in [-0.1, -0.05) is 38.8 Å². The molecule has 2 saturated carbocycles. The van der Waals surface area contributed by atoms with Crippen molar-refractivity contribution < 1.29 is 5.11 Å². The molecule has 0 radical (unpaired) electrons. The zero-order chi connectivity index (χ0) is 15.0. The number of hydrogen-bond acceptors (Lipinski definition) is 1. The van der Waals surface area contributed by atoms with Crippen molar-refractivity contribution in [1.82, 2.24) is 0 Å². The van der Waals surface area contributed by atoms with E-state index >= 15 is 0 Å². The molecule has 1 N–H and O–H groups in total. The number of rotatable bonds is 0. The first kappa shape index (κ1) is 14.3. The highest BCUT2D eigenvalue weighted by molar-refractivity contribution is 5.40. The molecule has 0 aliphatic heterocycles. The van der Waals surface area contributed by atoms with Crippen molar-refractivity contribution in [3.8, 4) is 0 Å². The molecule has 4 aliphatic rings. The van der Waals surface area contributed by atoms with E-state index in [9.17, 15) is 5.11 Å². The standard InChI is InChI=1S/C20H32O/c1-12-5-6-14-13(2)7-9-19(3)11-16(21)20(4)10-8-15(12)18(20)17(14)19/h12-16,21H,5-11H2,1-4H3/t12-,13+,14+,15+,16+,19?,20-/m1/s1. The second-order valence-electron chi connectivity index (χ2n) is 9.35. The van der Waals surface area contributed by atoms with Crippen LogP contribution in [0, 0.1) is 34.5 Å². The summed E-state index contributed by atoms with van der Waals surface area (Å²) in [5.41, 5.74) is 4.01. The smallest absolute Gasteiger partial charge is 0.0639 e. The van der Waals surface area contributed by atoms with Crippen molar-refractivity contribution in [3.05, 3.63) is 11.1 Å². The summed E-state index contributed by atoms with van der Waals surface area (Å²) in [6, 6.07) is 0. The van der Waals surface area contributed by atoms with Gasteiger partial charge in [0.25, 0.3) is 0 Å². The third-order valence-corrected chi connectivity index (χ3v) is 8.11. The minimum atomic E-state index is -0.106. The van der Waals surface area contributed by atoms with Gasteiger partial charge in [0.2, 0.25) is 0 Å². The highest BCUT2D eigenvalue weighted by Gasteiger charge is 2.58. The molecule has 0 heterocycles. The summed E-state index contributed by atoms with van der Waals surface area (Å²) in [5, 5.41) is 11.0. The fourth-order valence-electron chi connectivity index (χ4n) is 6.66. The quantitative estimate of drug-likeness (QED) is 0.626. The topological polar surface area (TPSA) is 20.2 Å². The van der Waals surface area contributed by atoms with Crippen LogP contribution in [0.5, 0.6) is 0 Å². The predicted octanol–water partition coefficient (Wildman–Crippen LogP) is 4.95. The second kappa shape index (κ2) is 4.37. The molecular weight excluding hydrogens is 256 g/mol. The van der Waals surface area contributed by atoms with Gasteiger partial charge in [0.15, 0.2) is 0 Å². The van der Waals surface area contributed by atoms with E-state index < -0.39 is 0 Å². The van der Waals surface area contributed by atoms with Crippen LogP contribution in [0.1, 0.15) is 72.6 Å². The Bertz CT molecular complexity index is 492. The summed E-state index contributed by atoms with van der Waals surface area (Å²) in [7, 11) is 0. The zero-order valence-electron chi connectivity index (χ0n) is 14.3. The molecule has 21 heavy (non-hydrogen) atoms. The molecule has 1 heteroatoms. The maximum Gasteiger partial charge on any atom is 0.0639 e. The van der Waals surface area contributed by atoms with Gasteiger partial charge in [-0.15, -0.1) is 0 Å². The SMILES string of the molecule is C[C@@H]1CC[C@@H]2C3=C4[C@H]1CC[C@]4(C)[C@@H](O)CC3(C)CC[C@@H]2C. The van der Waals surface area contributed by atoms with Crippen LogP contribution >= 0.6 is 0 Å². The summed E-state index contributed by atoms with van der Waals surface area (Å²) in [6.07, 6.45) is 8.92. The number of aliphatic hydroxyl groups excluding tert-OH is 1. The maximum atomic E-state index is 11.0. The fourth-order valence-corrected chi connectivity index (χ4v) is 6.66. The Kier molecular flexibility index (Phi) is 2.98. The molecular formula is C20H32O. The summed E-state index contributed by atoms with van der Waals surface area (Å²) in [6.45, 7) is 9.82. The molecule has 2 fully saturated rings. The third-order valence-electron chi connectivity index (χ3n) is 8.11. The maximum absolute atomic E-state index is 11.0. The molecule has 7 atom stereocenters. The molecule has 0 bridgehead atoms. The lowest BCUT2D eigenvalue weighted by Gasteiger charge is -2.54. The molecule has 0 aromatic carbocycles. The fraction of sp³-hybridized carbons (Fsp3) is 0.900. The van der Waals surface area contributed by atoms with Gasteiger partial charge in [0, 0.05) is 5.41 Å². The van der Waals surface area contributed by atoms with E-state index in [0.717, 1.165) is 30.1 Å². The molecule has 4 aliphatic carbocycles. The van der Waals surface area contributed by atoms with Crippen LogP contribution < -0.4 is 0 Å². The first-order valence-corrected chi connectivity index (χ1v) is 9.30. The Morgan fingerprint density at radius 1 is 0.857 bits per heavy atom. The Balaban J connectivity index is 1.96. The van der Waals surface area contributed by atoms with E-state index in [-0.39, 0.29) is 11.5 Å². The van der Waals surface area contributed by atoms with E-state index in [0.29, 0.717) is 5.41 Å². The second-order valence-corrected chi connectivity index (χ2v) is 9.35. The van der Waals surface area contributed by atoms with Crippen molar-refractivity contribution in [2.24, 2.45) is 34.5 Å². The average Bonchev–Trinajstić information content (AvgIpc) is 2.69. The number of aliphatic hydroxyl groups is 1. The van der Waals surface area contributed by atoms with Gasteiger partial charge in [-0.25, -0.2) is 0 Å². The minimum absolute atomic E-state index is 0.105. The zero-order valence-corrected chi connectivity index (χ0v) is 14.3. The highest BCUT2D eigenvalue weighted by Crippen LogP contribution is 2.66. The van der Waals surface area contributed by atoms with Gasteiger partial charge in [-0.3, -0.25) is 0 Å². The molecule has 1 nitrogen and oxygen atoms in total. The van der Waals surface area contributed by atoms with Crippen molar-refractivity contribution in [2.45, 2.75) is 78.7 Å². The lowest BCUT2D eigenvalue weighted by Crippen LogP contribution is -2.47. The van der Waals surface area contributed by atoms with E-state index in [1.165, 1.54) is 38.5 Å². The van der Waals surface area contributed by atoms with Crippen molar-refractivity contribution >= 4 is 0 Å². The number of hydrogen-bond donors (Lipinski definition) is 1. The lowest BCUT2D eigenvalue weighted by molar-refractivity contribution is -0.00280. The van der Waals surface area contributed by atoms with Crippen LogP contribution in [-0.2, 0) is 0 Å². The van der Waals surface area contributed by atoms with Gasteiger partial charge in [-0.05, 0) is 74.0 Å². The Morgan fingerprint density at radius 2 is 1.52 bits per heavy atom. The molecule has 4 rings (SSSR count). The molecule has 0 amide bonds. The lowest BCUT2D eigenvalue weighted by atomic mass is 9.52. The largest absolute Gasteiger partial charge is 0.392 e. The first-order valence-electron chi connectivity index (χ1n) is 9.30. The minimum Gasteiger partial charge on any atom is -0.392 e. The molecule has 0 spiro atoms. The summed E-state index contributed by atoms with van der Waals surface area (Å²) in [4.78, 5) is 0. The van der Waals surface area contributed by atoms with Gasteiger partial charge in [0.1, 0.15) is 0 Å². The van der Waals surface area contributed by atoms with E-state index in [1.54, 1.807) is 5.57 Å². The molecule has 118 valence electrons. The van der Waals surface area contributed by atoms with Crippen molar-refractivity contribution in [3.63, 3.8) is 0 Å². The van der Waals surface area contributed by atoms with Crippen LogP contribution in [0.4, 0.5) is 0 Å². The molecule has 0 aromatic heterocycles. The van der Waals surface area contributed by atoms with Gasteiger partial charge >= 0.3 is 0 Å². The van der Waals surface area contributed by atoms with Crippen LogP contribution in [0.3, 0.4) is 0 Å². The van der Waals surface area contributed by atoms with Crippen LogP contribution in [0.15, 0.2) is 11.1 Å². The van der Waals surface area contributed by atoms with Gasteiger partial charge < -0.3 is 5.11 Å². The van der Waals surface area contributed by atoms with Crippen molar-refractivity contribution in [1.29, 1.82) is 0 Å². The summed E-state index contributed by atoms with van der Waals surface area (Å²) >= 11 is 0. The van der Waals surface area contributed by atoms with E-state index in [4.69, 9.17) is 0 Å². The van der Waals surface area contributed by atoms with Crippen LogP contribution in [-0.4, -0.2) is 11.2 Å². The number of allylic oxidation sites excluding steroid dienone is 1. The van der Waals surface area contributed by atoms with Gasteiger partial charge in [-0.2, -0.15) is 0 Å².